The maximum atomic E-state index is 11.9. The predicted octanol–water partition coefficient (Wildman–Crippen LogP) is 0.155. The standard InChI is InChI=1S/C13H18N2O3/c1-9-2-3-10(6-11(9)16)12(17)15-8-13(18)4-5-14-7-13/h2-3,6,14,16,18H,4-5,7-8H2,1H3,(H,15,17). The second-order valence-corrected chi connectivity index (χ2v) is 4.84. The van der Waals surface area contributed by atoms with Crippen LogP contribution in [0, 0.1) is 6.92 Å². The van der Waals surface area contributed by atoms with Crippen molar-refractivity contribution < 1.29 is 15.0 Å². The molecule has 1 saturated heterocycles. The average Bonchev–Trinajstić information content (AvgIpc) is 2.77. The minimum absolute atomic E-state index is 0.101. The maximum Gasteiger partial charge on any atom is 0.251 e. The largest absolute Gasteiger partial charge is 0.508 e. The zero-order valence-corrected chi connectivity index (χ0v) is 10.4. The molecule has 0 radical (unpaired) electrons. The summed E-state index contributed by atoms with van der Waals surface area (Å²) in [5.74, 6) is -0.186. The Hall–Kier alpha value is -1.59. The van der Waals surface area contributed by atoms with Crippen molar-refractivity contribution in [1.82, 2.24) is 10.6 Å². The topological polar surface area (TPSA) is 81.6 Å². The van der Waals surface area contributed by atoms with Crippen LogP contribution in [0.5, 0.6) is 5.75 Å². The molecule has 1 atom stereocenters. The highest BCUT2D eigenvalue weighted by Crippen LogP contribution is 2.18. The van der Waals surface area contributed by atoms with Gasteiger partial charge in [0.15, 0.2) is 0 Å². The summed E-state index contributed by atoms with van der Waals surface area (Å²) in [5.41, 5.74) is 0.264. The van der Waals surface area contributed by atoms with Crippen LogP contribution in [0.4, 0.5) is 0 Å². The number of aromatic hydroxyl groups is 1. The molecule has 0 spiro atoms. The quantitative estimate of drug-likeness (QED) is 0.616. The highest BCUT2D eigenvalue weighted by Gasteiger charge is 2.31. The van der Waals surface area contributed by atoms with E-state index in [0.717, 1.165) is 12.1 Å². The third kappa shape index (κ3) is 2.80. The number of phenolic OH excluding ortho intramolecular Hbond substituents is 1. The normalized spacial score (nSPS) is 23.0. The number of β-amino-alcohol motifs (C(OH)–C–C–N with tert-alkyl or cyclic N) is 1. The lowest BCUT2D eigenvalue weighted by Crippen LogP contribution is -2.44. The van der Waals surface area contributed by atoms with Crippen LogP contribution in [0.3, 0.4) is 0 Å². The Morgan fingerprint density at radius 3 is 2.94 bits per heavy atom. The molecule has 98 valence electrons. The first kappa shape index (κ1) is 12.9. The van der Waals surface area contributed by atoms with E-state index in [0.29, 0.717) is 18.5 Å². The van der Waals surface area contributed by atoms with Gasteiger partial charge in [-0.15, -0.1) is 0 Å². The first-order chi connectivity index (χ1) is 8.50. The Morgan fingerprint density at radius 1 is 1.56 bits per heavy atom. The Labute approximate surface area is 106 Å². The summed E-state index contributed by atoms with van der Waals surface area (Å²) in [4.78, 5) is 11.9. The summed E-state index contributed by atoms with van der Waals surface area (Å²) in [6.45, 7) is 3.24. The van der Waals surface area contributed by atoms with Crippen LogP contribution in [0.2, 0.25) is 0 Å². The minimum Gasteiger partial charge on any atom is -0.508 e. The Kier molecular flexibility index (Phi) is 3.54. The van der Waals surface area contributed by atoms with Gasteiger partial charge in [-0.25, -0.2) is 0 Å². The maximum absolute atomic E-state index is 11.9. The second kappa shape index (κ2) is 4.96. The van der Waals surface area contributed by atoms with Gasteiger partial charge in [0.1, 0.15) is 5.75 Å². The molecule has 18 heavy (non-hydrogen) atoms. The number of rotatable bonds is 3. The average molecular weight is 250 g/mol. The highest BCUT2D eigenvalue weighted by atomic mass is 16.3. The number of carbonyl (C=O) groups is 1. The molecule has 4 N–H and O–H groups in total. The lowest BCUT2D eigenvalue weighted by atomic mass is 10.0. The number of hydrogen-bond acceptors (Lipinski definition) is 4. The van der Waals surface area contributed by atoms with Gasteiger partial charge >= 0.3 is 0 Å². The smallest absolute Gasteiger partial charge is 0.251 e. The van der Waals surface area contributed by atoms with Crippen LogP contribution in [0.1, 0.15) is 22.3 Å². The molecule has 1 fully saturated rings. The van der Waals surface area contributed by atoms with Crippen LogP contribution in [-0.4, -0.2) is 41.4 Å². The van der Waals surface area contributed by atoms with Crippen molar-refractivity contribution in [2.75, 3.05) is 19.6 Å². The fourth-order valence-corrected chi connectivity index (χ4v) is 1.98. The van der Waals surface area contributed by atoms with E-state index < -0.39 is 5.60 Å². The Morgan fingerprint density at radius 2 is 2.33 bits per heavy atom. The van der Waals surface area contributed by atoms with E-state index in [1.807, 2.05) is 0 Å². The van der Waals surface area contributed by atoms with Crippen LogP contribution in [0.25, 0.3) is 0 Å². The number of nitrogens with one attached hydrogen (secondary N) is 2. The molecule has 0 saturated carbocycles. The van der Waals surface area contributed by atoms with E-state index in [2.05, 4.69) is 10.6 Å². The van der Waals surface area contributed by atoms with Crippen molar-refractivity contribution in [1.29, 1.82) is 0 Å². The number of phenols is 1. The van der Waals surface area contributed by atoms with Gasteiger partial charge in [-0.05, 0) is 37.6 Å². The van der Waals surface area contributed by atoms with Gasteiger partial charge in [-0.3, -0.25) is 4.79 Å². The van der Waals surface area contributed by atoms with Gasteiger partial charge in [0.25, 0.3) is 5.91 Å². The Balaban J connectivity index is 1.97. The molecular weight excluding hydrogens is 232 g/mol. The van der Waals surface area contributed by atoms with E-state index in [1.165, 1.54) is 6.07 Å². The van der Waals surface area contributed by atoms with Crippen molar-refractivity contribution >= 4 is 5.91 Å². The van der Waals surface area contributed by atoms with Crippen molar-refractivity contribution in [3.05, 3.63) is 29.3 Å². The molecule has 5 heteroatoms. The summed E-state index contributed by atoms with van der Waals surface area (Å²) in [5, 5.41) is 25.3. The molecule has 1 aromatic rings. The molecule has 5 nitrogen and oxygen atoms in total. The fourth-order valence-electron chi connectivity index (χ4n) is 1.98. The van der Waals surface area contributed by atoms with Gasteiger partial charge < -0.3 is 20.8 Å². The van der Waals surface area contributed by atoms with Gasteiger partial charge in [-0.2, -0.15) is 0 Å². The minimum atomic E-state index is -0.859. The summed E-state index contributed by atoms with van der Waals surface area (Å²) in [6, 6.07) is 4.78. The number of amides is 1. The molecule has 1 aliphatic heterocycles. The van der Waals surface area contributed by atoms with Crippen LogP contribution >= 0.6 is 0 Å². The lowest BCUT2D eigenvalue weighted by Gasteiger charge is -2.21. The van der Waals surface area contributed by atoms with E-state index in [1.54, 1.807) is 19.1 Å². The summed E-state index contributed by atoms with van der Waals surface area (Å²) < 4.78 is 0. The third-order valence-corrected chi connectivity index (χ3v) is 3.27. The lowest BCUT2D eigenvalue weighted by molar-refractivity contribution is 0.0562. The van der Waals surface area contributed by atoms with Crippen LogP contribution < -0.4 is 10.6 Å². The van der Waals surface area contributed by atoms with Gasteiger partial charge in [-0.1, -0.05) is 6.07 Å². The van der Waals surface area contributed by atoms with Gasteiger partial charge in [0, 0.05) is 18.7 Å². The van der Waals surface area contributed by atoms with E-state index in [4.69, 9.17) is 0 Å². The SMILES string of the molecule is Cc1ccc(C(=O)NCC2(O)CCNC2)cc1O. The van der Waals surface area contributed by atoms with Crippen molar-refractivity contribution in [3.8, 4) is 5.75 Å². The van der Waals surface area contributed by atoms with Crippen molar-refractivity contribution in [3.63, 3.8) is 0 Å². The molecule has 2 rings (SSSR count). The van der Waals surface area contributed by atoms with E-state index in [9.17, 15) is 15.0 Å². The molecule has 0 bridgehead atoms. The number of benzene rings is 1. The zero-order chi connectivity index (χ0) is 13.2. The van der Waals surface area contributed by atoms with Crippen LogP contribution in [0.15, 0.2) is 18.2 Å². The molecule has 0 aromatic heterocycles. The zero-order valence-electron chi connectivity index (χ0n) is 10.4. The molecule has 1 amide bonds. The van der Waals surface area contributed by atoms with Crippen molar-refractivity contribution in [2.24, 2.45) is 0 Å². The molecular formula is C13H18N2O3. The third-order valence-electron chi connectivity index (χ3n) is 3.27. The predicted molar refractivity (Wildman–Crippen MR) is 67.6 cm³/mol. The monoisotopic (exact) mass is 250 g/mol. The van der Waals surface area contributed by atoms with Gasteiger partial charge in [0.05, 0.1) is 5.60 Å². The van der Waals surface area contributed by atoms with Gasteiger partial charge in [0.2, 0.25) is 0 Å². The summed E-state index contributed by atoms with van der Waals surface area (Å²) in [6.07, 6.45) is 0.631. The summed E-state index contributed by atoms with van der Waals surface area (Å²) in [7, 11) is 0. The molecule has 0 aliphatic carbocycles. The first-order valence-corrected chi connectivity index (χ1v) is 6.01. The first-order valence-electron chi connectivity index (χ1n) is 6.01. The van der Waals surface area contributed by atoms with E-state index >= 15 is 0 Å². The number of aliphatic hydroxyl groups is 1. The summed E-state index contributed by atoms with van der Waals surface area (Å²) >= 11 is 0. The second-order valence-electron chi connectivity index (χ2n) is 4.84. The number of carbonyl (C=O) groups excluding carboxylic acids is 1. The molecule has 1 aromatic carbocycles. The molecule has 1 heterocycles. The van der Waals surface area contributed by atoms with E-state index in [-0.39, 0.29) is 18.2 Å². The highest BCUT2D eigenvalue weighted by molar-refractivity contribution is 5.94. The number of aryl methyl sites for hydroxylation is 1. The Bertz CT molecular complexity index is 454. The van der Waals surface area contributed by atoms with Crippen molar-refractivity contribution in [2.45, 2.75) is 18.9 Å². The molecule has 1 aliphatic rings. The molecule has 1 unspecified atom stereocenters. The van der Waals surface area contributed by atoms with Crippen LogP contribution in [-0.2, 0) is 0 Å². The fraction of sp³-hybridized carbons (Fsp3) is 0.462. The number of hydrogen-bond donors (Lipinski definition) is 4.